The molecule has 0 spiro atoms. The van der Waals surface area contributed by atoms with Gasteiger partial charge in [-0.1, -0.05) is 15.9 Å². The Morgan fingerprint density at radius 2 is 2.31 bits per heavy atom. The van der Waals surface area contributed by atoms with E-state index >= 15 is 0 Å². The fraction of sp³-hybridized carbons (Fsp3) is 0. The highest BCUT2D eigenvalue weighted by Crippen LogP contribution is 2.27. The van der Waals surface area contributed by atoms with Crippen LogP contribution in [0.4, 0.5) is 10.5 Å². The van der Waals surface area contributed by atoms with Gasteiger partial charge in [0.2, 0.25) is 5.82 Å². The lowest BCUT2D eigenvalue weighted by Gasteiger charge is -2.05. The minimum Gasteiger partial charge on any atom is -0.465 e. The Hall–Kier alpha value is -1.96. The summed E-state index contributed by atoms with van der Waals surface area (Å²) >= 11 is 3.29. The van der Waals surface area contributed by atoms with Crippen LogP contribution < -0.4 is 5.32 Å². The molecule has 0 saturated carbocycles. The number of carboxylic acid groups (broad SMARTS) is 1. The number of anilines is 1. The van der Waals surface area contributed by atoms with Gasteiger partial charge in [-0.25, -0.2) is 4.79 Å². The maximum absolute atomic E-state index is 10.6. The van der Waals surface area contributed by atoms with E-state index < -0.39 is 6.09 Å². The first-order chi connectivity index (χ1) is 7.66. The molecule has 0 radical (unpaired) electrons. The molecule has 82 valence electrons. The van der Waals surface area contributed by atoms with Crippen LogP contribution in [-0.2, 0) is 0 Å². The summed E-state index contributed by atoms with van der Waals surface area (Å²) < 4.78 is 0.795. The second-order valence-corrected chi connectivity index (χ2v) is 3.77. The van der Waals surface area contributed by atoms with Crippen molar-refractivity contribution in [3.8, 4) is 11.4 Å². The van der Waals surface area contributed by atoms with Crippen LogP contribution in [-0.4, -0.2) is 31.8 Å². The molecule has 16 heavy (non-hydrogen) atoms. The van der Waals surface area contributed by atoms with Crippen molar-refractivity contribution in [2.45, 2.75) is 0 Å². The highest BCUT2D eigenvalue weighted by atomic mass is 79.9. The number of hydrogen-bond acceptors (Lipinski definition) is 4. The maximum atomic E-state index is 10.6. The van der Waals surface area contributed by atoms with E-state index in [0.717, 1.165) is 4.47 Å². The summed E-state index contributed by atoms with van der Waals surface area (Å²) in [4.78, 5) is 10.6. The topological polar surface area (TPSA) is 104 Å². The average Bonchev–Trinajstić information content (AvgIpc) is 2.73. The molecular formula is C8H6BrN5O2. The summed E-state index contributed by atoms with van der Waals surface area (Å²) in [6.07, 6.45) is -1.15. The van der Waals surface area contributed by atoms with E-state index in [2.05, 4.69) is 41.9 Å². The molecular weight excluding hydrogens is 278 g/mol. The second kappa shape index (κ2) is 4.27. The van der Waals surface area contributed by atoms with Crippen molar-refractivity contribution in [3.63, 3.8) is 0 Å². The molecule has 3 N–H and O–H groups in total. The molecule has 0 unspecified atom stereocenters. The van der Waals surface area contributed by atoms with Crippen molar-refractivity contribution < 1.29 is 9.90 Å². The quantitative estimate of drug-likeness (QED) is 0.778. The zero-order valence-corrected chi connectivity index (χ0v) is 9.39. The number of H-pyrrole nitrogens is 1. The van der Waals surface area contributed by atoms with Gasteiger partial charge in [0.25, 0.3) is 0 Å². The smallest absolute Gasteiger partial charge is 0.409 e. The van der Waals surface area contributed by atoms with Gasteiger partial charge in [-0.2, -0.15) is 5.21 Å². The molecule has 0 aliphatic rings. The normalized spacial score (nSPS) is 10.1. The van der Waals surface area contributed by atoms with Crippen LogP contribution in [0, 0.1) is 0 Å². The summed E-state index contributed by atoms with van der Waals surface area (Å²) in [5.74, 6) is 0.324. The van der Waals surface area contributed by atoms with Crippen molar-refractivity contribution >= 4 is 27.7 Å². The van der Waals surface area contributed by atoms with Crippen LogP contribution in [0.5, 0.6) is 0 Å². The number of nitrogens with one attached hydrogen (secondary N) is 2. The number of aromatic nitrogens is 4. The third kappa shape index (κ3) is 2.16. The Morgan fingerprint density at radius 1 is 1.50 bits per heavy atom. The van der Waals surface area contributed by atoms with Gasteiger partial charge in [-0.15, -0.1) is 10.2 Å². The number of nitrogens with zero attached hydrogens (tertiary/aromatic N) is 3. The van der Waals surface area contributed by atoms with E-state index in [4.69, 9.17) is 5.11 Å². The van der Waals surface area contributed by atoms with Gasteiger partial charge in [-0.05, 0) is 23.4 Å². The molecule has 1 heterocycles. The van der Waals surface area contributed by atoms with Crippen molar-refractivity contribution in [2.24, 2.45) is 0 Å². The van der Waals surface area contributed by atoms with Gasteiger partial charge in [-0.3, -0.25) is 5.32 Å². The molecule has 0 aliphatic heterocycles. The molecule has 0 aliphatic carbocycles. The third-order valence-corrected chi connectivity index (χ3v) is 2.30. The lowest BCUT2D eigenvalue weighted by atomic mass is 10.1. The lowest BCUT2D eigenvalue weighted by molar-refractivity contribution is 0.210. The molecule has 0 atom stereocenters. The van der Waals surface area contributed by atoms with Gasteiger partial charge >= 0.3 is 6.09 Å². The molecule has 7 nitrogen and oxygen atoms in total. The molecule has 2 aromatic rings. The Balaban J connectivity index is 2.48. The van der Waals surface area contributed by atoms with Crippen molar-refractivity contribution in [1.82, 2.24) is 20.6 Å². The Kier molecular flexibility index (Phi) is 2.82. The van der Waals surface area contributed by atoms with Crippen LogP contribution in [0.3, 0.4) is 0 Å². The molecule has 1 amide bonds. The molecule has 1 aromatic carbocycles. The number of halogens is 1. The molecule has 0 bridgehead atoms. The fourth-order valence-electron chi connectivity index (χ4n) is 1.20. The van der Waals surface area contributed by atoms with Crippen LogP contribution in [0.15, 0.2) is 22.7 Å². The first kappa shape index (κ1) is 10.6. The number of amides is 1. The third-order valence-electron chi connectivity index (χ3n) is 1.81. The fourth-order valence-corrected chi connectivity index (χ4v) is 1.56. The van der Waals surface area contributed by atoms with Gasteiger partial charge in [0, 0.05) is 10.0 Å². The summed E-state index contributed by atoms with van der Waals surface area (Å²) in [5, 5.41) is 24.3. The highest BCUT2D eigenvalue weighted by molar-refractivity contribution is 9.10. The molecule has 0 fully saturated rings. The van der Waals surface area contributed by atoms with Crippen molar-refractivity contribution in [3.05, 3.63) is 22.7 Å². The highest BCUT2D eigenvalue weighted by Gasteiger charge is 2.11. The van der Waals surface area contributed by atoms with Gasteiger partial charge < -0.3 is 5.11 Å². The number of rotatable bonds is 2. The monoisotopic (exact) mass is 283 g/mol. The predicted octanol–water partition coefficient (Wildman–Crippen LogP) is 1.72. The number of benzene rings is 1. The zero-order valence-electron chi connectivity index (χ0n) is 7.81. The van der Waals surface area contributed by atoms with E-state index in [-0.39, 0.29) is 0 Å². The zero-order chi connectivity index (χ0) is 11.5. The van der Waals surface area contributed by atoms with E-state index in [1.807, 2.05) is 0 Å². The Bertz CT molecular complexity index is 513. The van der Waals surface area contributed by atoms with Gasteiger partial charge in [0.1, 0.15) is 0 Å². The Labute approximate surface area is 98.0 Å². The van der Waals surface area contributed by atoms with Crippen LogP contribution >= 0.6 is 15.9 Å². The van der Waals surface area contributed by atoms with Crippen LogP contribution in [0.1, 0.15) is 0 Å². The van der Waals surface area contributed by atoms with E-state index in [1.165, 1.54) is 0 Å². The summed E-state index contributed by atoms with van der Waals surface area (Å²) in [5.41, 5.74) is 0.947. The number of aromatic amines is 1. The SMILES string of the molecule is O=C(O)Nc1ccc(Br)cc1-c1nn[nH]n1. The van der Waals surface area contributed by atoms with Gasteiger partial charge in [0.15, 0.2) is 0 Å². The standard InChI is InChI=1S/C8H6BrN5O2/c9-4-1-2-6(10-8(15)16)5(3-4)7-11-13-14-12-7/h1-3,10H,(H,15,16)(H,11,12,13,14). The van der Waals surface area contributed by atoms with Crippen molar-refractivity contribution in [2.75, 3.05) is 5.32 Å². The largest absolute Gasteiger partial charge is 0.465 e. The minimum absolute atomic E-state index is 0.324. The maximum Gasteiger partial charge on any atom is 0.409 e. The first-order valence-electron chi connectivity index (χ1n) is 4.20. The van der Waals surface area contributed by atoms with E-state index in [0.29, 0.717) is 17.1 Å². The van der Waals surface area contributed by atoms with Crippen LogP contribution in [0.2, 0.25) is 0 Å². The lowest BCUT2D eigenvalue weighted by Crippen LogP contribution is -2.08. The van der Waals surface area contributed by atoms with E-state index in [1.54, 1.807) is 18.2 Å². The molecule has 1 aromatic heterocycles. The average molecular weight is 284 g/mol. The molecule has 2 rings (SSSR count). The Morgan fingerprint density at radius 3 is 2.94 bits per heavy atom. The summed E-state index contributed by atoms with van der Waals surface area (Å²) in [6, 6.07) is 5.04. The van der Waals surface area contributed by atoms with E-state index in [9.17, 15) is 4.79 Å². The molecule has 0 saturated heterocycles. The summed E-state index contributed by atoms with van der Waals surface area (Å²) in [6.45, 7) is 0. The molecule has 8 heteroatoms. The predicted molar refractivity (Wildman–Crippen MR) is 59.0 cm³/mol. The number of tetrazole rings is 1. The summed E-state index contributed by atoms with van der Waals surface area (Å²) in [7, 11) is 0. The number of hydrogen-bond donors (Lipinski definition) is 3. The minimum atomic E-state index is -1.15. The van der Waals surface area contributed by atoms with Gasteiger partial charge in [0.05, 0.1) is 5.69 Å². The second-order valence-electron chi connectivity index (χ2n) is 2.86. The number of carbonyl (C=O) groups is 1. The van der Waals surface area contributed by atoms with Crippen LogP contribution in [0.25, 0.3) is 11.4 Å². The first-order valence-corrected chi connectivity index (χ1v) is 4.99. The van der Waals surface area contributed by atoms with Crippen molar-refractivity contribution in [1.29, 1.82) is 0 Å².